The van der Waals surface area contributed by atoms with E-state index in [0.29, 0.717) is 0 Å². The van der Waals surface area contributed by atoms with Gasteiger partial charge in [-0.1, -0.05) is 252 Å². The van der Waals surface area contributed by atoms with Crippen LogP contribution in [-0.4, -0.2) is 24.5 Å². The van der Waals surface area contributed by atoms with E-state index in [-0.39, 0.29) is 12.4 Å². The van der Waals surface area contributed by atoms with E-state index in [9.17, 15) is 0 Å². The fraction of sp³-hybridized carbons (Fsp3) is 1.00. The molecule has 0 aromatic heterocycles. The van der Waals surface area contributed by atoms with Gasteiger partial charge in [0.2, 0.25) is 0 Å². The SMILES string of the molecule is CCCCCCCCCCCCCCCN(CCCCCCCCCCCCCCC)CCCCCCCCCCCCCCC.Cl. The maximum atomic E-state index is 2.87. The van der Waals surface area contributed by atoms with Crippen molar-refractivity contribution in [2.45, 2.75) is 271 Å². The van der Waals surface area contributed by atoms with Gasteiger partial charge in [-0.05, 0) is 38.9 Å². The molecule has 1 nitrogen and oxygen atoms in total. The molecule has 0 spiro atoms. The number of unbranched alkanes of at least 4 members (excludes halogenated alkanes) is 36. The maximum Gasteiger partial charge on any atom is -0.00187 e. The van der Waals surface area contributed by atoms with Crippen LogP contribution in [0.2, 0.25) is 0 Å². The highest BCUT2D eigenvalue weighted by molar-refractivity contribution is 5.85. The first-order valence-corrected chi connectivity index (χ1v) is 22.6. The van der Waals surface area contributed by atoms with Crippen molar-refractivity contribution in [3.05, 3.63) is 0 Å². The topological polar surface area (TPSA) is 3.24 Å². The Labute approximate surface area is 307 Å². The van der Waals surface area contributed by atoms with Gasteiger partial charge in [0.1, 0.15) is 0 Å². The Balaban J connectivity index is 0. The summed E-state index contributed by atoms with van der Waals surface area (Å²) in [6, 6.07) is 0. The summed E-state index contributed by atoms with van der Waals surface area (Å²) in [5.41, 5.74) is 0. The minimum atomic E-state index is 0. The van der Waals surface area contributed by atoms with Gasteiger partial charge >= 0.3 is 0 Å². The van der Waals surface area contributed by atoms with Gasteiger partial charge in [-0.2, -0.15) is 0 Å². The van der Waals surface area contributed by atoms with Gasteiger partial charge in [-0.3, -0.25) is 0 Å². The quantitative estimate of drug-likeness (QED) is 0.0579. The molecule has 0 aliphatic carbocycles. The molecule has 0 radical (unpaired) electrons. The first kappa shape index (κ1) is 49.4. The first-order chi connectivity index (χ1) is 22.8. The van der Waals surface area contributed by atoms with E-state index >= 15 is 0 Å². The molecule has 0 heterocycles. The first-order valence-electron chi connectivity index (χ1n) is 22.6. The summed E-state index contributed by atoms with van der Waals surface area (Å²) in [7, 11) is 0. The number of hydrogen-bond donors (Lipinski definition) is 0. The number of hydrogen-bond acceptors (Lipinski definition) is 1. The van der Waals surface area contributed by atoms with Crippen LogP contribution in [0.15, 0.2) is 0 Å². The Morgan fingerprint density at radius 2 is 0.319 bits per heavy atom. The molecule has 0 unspecified atom stereocenters. The van der Waals surface area contributed by atoms with E-state index in [1.165, 1.54) is 270 Å². The fourth-order valence-electron chi connectivity index (χ4n) is 7.39. The summed E-state index contributed by atoms with van der Waals surface area (Å²) in [5.74, 6) is 0. The summed E-state index contributed by atoms with van der Waals surface area (Å²) in [5, 5.41) is 0. The molecule has 0 aliphatic heterocycles. The molecule has 0 saturated carbocycles. The lowest BCUT2D eigenvalue weighted by atomic mass is 10.0. The molecule has 0 rings (SSSR count). The van der Waals surface area contributed by atoms with Crippen molar-refractivity contribution in [1.82, 2.24) is 4.90 Å². The highest BCUT2D eigenvalue weighted by atomic mass is 35.5. The lowest BCUT2D eigenvalue weighted by molar-refractivity contribution is 0.254. The molecule has 0 N–H and O–H groups in total. The van der Waals surface area contributed by atoms with Gasteiger partial charge in [0, 0.05) is 0 Å². The molecule has 2 heteroatoms. The molecule has 0 saturated heterocycles. The number of halogens is 1. The second-order valence-corrected chi connectivity index (χ2v) is 15.6. The van der Waals surface area contributed by atoms with E-state index in [1.807, 2.05) is 0 Å². The van der Waals surface area contributed by atoms with E-state index in [2.05, 4.69) is 25.7 Å². The van der Waals surface area contributed by atoms with Crippen LogP contribution in [0.1, 0.15) is 271 Å². The molecular weight excluding hydrogens is 590 g/mol. The predicted octanol–water partition coefficient (Wildman–Crippen LogP) is 17.0. The number of rotatable bonds is 42. The van der Waals surface area contributed by atoms with Crippen LogP contribution in [0, 0.1) is 0 Å². The van der Waals surface area contributed by atoms with Crippen molar-refractivity contribution in [3.63, 3.8) is 0 Å². The van der Waals surface area contributed by atoms with Crippen LogP contribution in [-0.2, 0) is 0 Å². The average molecular weight is 685 g/mol. The zero-order valence-electron chi connectivity index (χ0n) is 33.6. The normalized spacial score (nSPS) is 11.5. The molecule has 0 atom stereocenters. The van der Waals surface area contributed by atoms with Crippen molar-refractivity contribution in [2.75, 3.05) is 19.6 Å². The number of nitrogens with zero attached hydrogens (tertiary/aromatic N) is 1. The summed E-state index contributed by atoms with van der Waals surface area (Å²) in [6.07, 6.45) is 57.1. The highest BCUT2D eigenvalue weighted by Gasteiger charge is 2.05. The predicted molar refractivity (Wildman–Crippen MR) is 221 cm³/mol. The van der Waals surface area contributed by atoms with Crippen molar-refractivity contribution in [2.24, 2.45) is 0 Å². The Morgan fingerprint density at radius 3 is 0.468 bits per heavy atom. The Bertz CT molecular complexity index is 437. The van der Waals surface area contributed by atoms with Gasteiger partial charge in [0.15, 0.2) is 0 Å². The van der Waals surface area contributed by atoms with Crippen LogP contribution < -0.4 is 0 Å². The third-order valence-corrected chi connectivity index (χ3v) is 10.7. The van der Waals surface area contributed by atoms with Gasteiger partial charge in [0.05, 0.1) is 0 Å². The summed E-state index contributed by atoms with van der Waals surface area (Å²) in [4.78, 5) is 2.87. The van der Waals surface area contributed by atoms with Crippen molar-refractivity contribution < 1.29 is 0 Å². The minimum absolute atomic E-state index is 0. The third-order valence-electron chi connectivity index (χ3n) is 10.7. The van der Waals surface area contributed by atoms with E-state index in [4.69, 9.17) is 0 Å². The Morgan fingerprint density at radius 1 is 0.191 bits per heavy atom. The molecule has 0 aromatic carbocycles. The molecule has 0 amide bonds. The van der Waals surface area contributed by atoms with Gasteiger partial charge in [-0.25, -0.2) is 0 Å². The fourth-order valence-corrected chi connectivity index (χ4v) is 7.39. The van der Waals surface area contributed by atoms with Gasteiger partial charge in [0.25, 0.3) is 0 Å². The van der Waals surface area contributed by atoms with Crippen LogP contribution in [0.4, 0.5) is 0 Å². The lowest BCUT2D eigenvalue weighted by Gasteiger charge is -2.22. The minimum Gasteiger partial charge on any atom is -0.303 e. The standard InChI is InChI=1S/C45H93N.ClH/c1-4-7-10-13-16-19-22-25-28-31-34-37-40-43-46(44-41-38-35-32-29-26-23-20-17-14-11-8-5-2)45-42-39-36-33-30-27-24-21-18-15-12-9-6-3;/h4-45H2,1-3H3;1H. The third kappa shape index (κ3) is 44.2. The molecule has 0 aliphatic rings. The molecule has 286 valence electrons. The van der Waals surface area contributed by atoms with Crippen LogP contribution in [0.25, 0.3) is 0 Å². The summed E-state index contributed by atoms with van der Waals surface area (Å²) in [6.45, 7) is 11.1. The molecule has 0 bridgehead atoms. The highest BCUT2D eigenvalue weighted by Crippen LogP contribution is 2.16. The van der Waals surface area contributed by atoms with Crippen molar-refractivity contribution in [1.29, 1.82) is 0 Å². The molecule has 47 heavy (non-hydrogen) atoms. The van der Waals surface area contributed by atoms with Gasteiger partial charge < -0.3 is 4.90 Å². The largest absolute Gasteiger partial charge is 0.303 e. The smallest absolute Gasteiger partial charge is 0.00187 e. The second-order valence-electron chi connectivity index (χ2n) is 15.6. The monoisotopic (exact) mass is 684 g/mol. The van der Waals surface area contributed by atoms with Gasteiger partial charge in [-0.15, -0.1) is 12.4 Å². The zero-order chi connectivity index (χ0) is 33.3. The Kier molecular flexibility index (Phi) is 48.6. The van der Waals surface area contributed by atoms with Crippen LogP contribution in [0.5, 0.6) is 0 Å². The molecule has 0 aromatic rings. The van der Waals surface area contributed by atoms with E-state index in [1.54, 1.807) is 0 Å². The van der Waals surface area contributed by atoms with Crippen LogP contribution >= 0.6 is 12.4 Å². The second kappa shape index (κ2) is 46.2. The lowest BCUT2D eigenvalue weighted by Crippen LogP contribution is -2.27. The maximum absolute atomic E-state index is 2.87. The summed E-state index contributed by atoms with van der Waals surface area (Å²) < 4.78 is 0. The van der Waals surface area contributed by atoms with Crippen molar-refractivity contribution in [3.8, 4) is 0 Å². The Hall–Kier alpha value is 0.250. The molecular formula is C45H94ClN. The average Bonchev–Trinajstić information content (AvgIpc) is 3.07. The van der Waals surface area contributed by atoms with E-state index in [0.717, 1.165) is 0 Å². The van der Waals surface area contributed by atoms with Crippen molar-refractivity contribution >= 4 is 12.4 Å². The van der Waals surface area contributed by atoms with Crippen LogP contribution in [0.3, 0.4) is 0 Å². The summed E-state index contributed by atoms with van der Waals surface area (Å²) >= 11 is 0. The van der Waals surface area contributed by atoms with E-state index < -0.39 is 0 Å². The zero-order valence-corrected chi connectivity index (χ0v) is 34.4. The molecule has 0 fully saturated rings.